The van der Waals surface area contributed by atoms with Crippen molar-refractivity contribution in [1.29, 1.82) is 0 Å². The zero-order valence-corrected chi connectivity index (χ0v) is 13.9. The molecule has 10 heteroatoms. The second-order valence-corrected chi connectivity index (χ2v) is 5.17. The number of nitrogens with one attached hydrogen (secondary N) is 3. The smallest absolute Gasteiger partial charge is 0.353 e. The number of hydrogen-bond donors (Lipinski definition) is 3. The minimum Gasteiger partial charge on any atom is -0.353 e. The lowest BCUT2D eigenvalue weighted by atomic mass is 10.2. The third-order valence-corrected chi connectivity index (χ3v) is 3.39. The standard InChI is InChI=1S/C13H23F3N4O2.ClH/c1-2-3-11(21)19-9-12(22)18-8-10(13(14,15)16)20-6-4-17-5-7-20;/h10,17H,2-9H2,1H3,(H,18,22)(H,19,21);1H. The van der Waals surface area contributed by atoms with Crippen molar-refractivity contribution in [2.24, 2.45) is 0 Å². The minimum absolute atomic E-state index is 0. The Morgan fingerprint density at radius 1 is 1.17 bits per heavy atom. The first kappa shape index (κ1) is 21.9. The number of carbonyl (C=O) groups excluding carboxylic acids is 2. The number of nitrogens with zero attached hydrogens (tertiary/aromatic N) is 1. The molecule has 6 nitrogen and oxygen atoms in total. The van der Waals surface area contributed by atoms with Crippen molar-refractivity contribution in [3.63, 3.8) is 0 Å². The summed E-state index contributed by atoms with van der Waals surface area (Å²) in [6.07, 6.45) is -3.47. The quantitative estimate of drug-likeness (QED) is 0.609. The molecule has 1 atom stereocenters. The monoisotopic (exact) mass is 360 g/mol. The van der Waals surface area contributed by atoms with E-state index < -0.39 is 24.7 Å². The molecule has 0 aliphatic carbocycles. The molecule has 1 aliphatic rings. The predicted molar refractivity (Wildman–Crippen MR) is 82.5 cm³/mol. The molecular formula is C13H24ClF3N4O2. The van der Waals surface area contributed by atoms with Gasteiger partial charge in [-0.2, -0.15) is 13.2 Å². The highest BCUT2D eigenvalue weighted by molar-refractivity contribution is 5.85. The van der Waals surface area contributed by atoms with Gasteiger partial charge in [0.25, 0.3) is 0 Å². The summed E-state index contributed by atoms with van der Waals surface area (Å²) in [6, 6.07) is -1.70. The van der Waals surface area contributed by atoms with Crippen LogP contribution in [0, 0.1) is 0 Å². The van der Waals surface area contributed by atoms with E-state index in [0.717, 1.165) is 0 Å². The van der Waals surface area contributed by atoms with Gasteiger partial charge in [0.15, 0.2) is 0 Å². The van der Waals surface area contributed by atoms with Crippen molar-refractivity contribution < 1.29 is 22.8 Å². The maximum Gasteiger partial charge on any atom is 0.405 e. The molecule has 2 amide bonds. The summed E-state index contributed by atoms with van der Waals surface area (Å²) in [4.78, 5) is 24.1. The fraction of sp³-hybridized carbons (Fsp3) is 0.846. The van der Waals surface area contributed by atoms with Crippen LogP contribution in [0.25, 0.3) is 0 Å². The summed E-state index contributed by atoms with van der Waals surface area (Å²) in [5.41, 5.74) is 0. The van der Waals surface area contributed by atoms with Crippen LogP contribution in [0.15, 0.2) is 0 Å². The van der Waals surface area contributed by atoms with Crippen LogP contribution in [0.5, 0.6) is 0 Å². The maximum atomic E-state index is 13.1. The molecule has 1 heterocycles. The molecule has 0 saturated carbocycles. The number of rotatable bonds is 7. The van der Waals surface area contributed by atoms with E-state index in [-0.39, 0.29) is 37.9 Å². The van der Waals surface area contributed by atoms with Crippen LogP contribution in [-0.2, 0) is 9.59 Å². The summed E-state index contributed by atoms with van der Waals surface area (Å²) < 4.78 is 39.3. The summed E-state index contributed by atoms with van der Waals surface area (Å²) in [5.74, 6) is -0.902. The van der Waals surface area contributed by atoms with Crippen LogP contribution in [-0.4, -0.2) is 68.2 Å². The third-order valence-electron chi connectivity index (χ3n) is 3.39. The lowest BCUT2D eigenvalue weighted by molar-refractivity contribution is -0.184. The number of halogens is 4. The average molecular weight is 361 g/mol. The Kier molecular flexibility index (Phi) is 10.2. The Morgan fingerprint density at radius 2 is 1.78 bits per heavy atom. The number of carbonyl (C=O) groups is 2. The minimum atomic E-state index is -4.41. The molecule has 0 aromatic rings. The van der Waals surface area contributed by atoms with Crippen LogP contribution in [0.4, 0.5) is 13.2 Å². The Labute approximate surface area is 139 Å². The Hall–Kier alpha value is -1.06. The average Bonchev–Trinajstić information content (AvgIpc) is 2.45. The molecule has 1 aliphatic heterocycles. The Balaban J connectivity index is 0.00000484. The van der Waals surface area contributed by atoms with E-state index in [1.54, 1.807) is 0 Å². The van der Waals surface area contributed by atoms with Crippen molar-refractivity contribution >= 4 is 24.2 Å². The van der Waals surface area contributed by atoms with Gasteiger partial charge < -0.3 is 16.0 Å². The summed E-state index contributed by atoms with van der Waals surface area (Å²) in [7, 11) is 0. The highest BCUT2D eigenvalue weighted by Gasteiger charge is 2.43. The van der Waals surface area contributed by atoms with E-state index >= 15 is 0 Å². The third kappa shape index (κ3) is 8.38. The molecule has 3 N–H and O–H groups in total. The lowest BCUT2D eigenvalue weighted by Gasteiger charge is -2.35. The van der Waals surface area contributed by atoms with Gasteiger partial charge in [0.05, 0.1) is 6.54 Å². The van der Waals surface area contributed by atoms with Crippen molar-refractivity contribution in [2.75, 3.05) is 39.3 Å². The second kappa shape index (κ2) is 10.7. The molecule has 0 spiro atoms. The van der Waals surface area contributed by atoms with Crippen LogP contribution in [0.3, 0.4) is 0 Å². The molecule has 0 aromatic heterocycles. The fourth-order valence-electron chi connectivity index (χ4n) is 2.21. The van der Waals surface area contributed by atoms with Gasteiger partial charge in [-0.15, -0.1) is 12.4 Å². The highest BCUT2D eigenvalue weighted by Crippen LogP contribution is 2.24. The Bertz CT molecular complexity index is 377. The van der Waals surface area contributed by atoms with Gasteiger partial charge in [-0.3, -0.25) is 14.5 Å². The van der Waals surface area contributed by atoms with Crippen molar-refractivity contribution in [3.05, 3.63) is 0 Å². The van der Waals surface area contributed by atoms with Gasteiger partial charge in [0.1, 0.15) is 6.04 Å². The predicted octanol–water partition coefficient (Wildman–Crippen LogP) is 0.277. The molecule has 1 rings (SSSR count). The van der Waals surface area contributed by atoms with E-state index in [1.165, 1.54) is 4.90 Å². The zero-order valence-electron chi connectivity index (χ0n) is 13.0. The zero-order chi connectivity index (χ0) is 16.6. The molecule has 0 aromatic carbocycles. The SMILES string of the molecule is CCCC(=O)NCC(=O)NCC(N1CCNCC1)C(F)(F)F.Cl. The first-order valence-corrected chi connectivity index (χ1v) is 7.39. The molecule has 136 valence electrons. The number of amides is 2. The molecule has 1 saturated heterocycles. The van der Waals surface area contributed by atoms with Crippen LogP contribution < -0.4 is 16.0 Å². The van der Waals surface area contributed by atoms with Gasteiger partial charge in [0, 0.05) is 39.1 Å². The van der Waals surface area contributed by atoms with E-state index in [4.69, 9.17) is 0 Å². The van der Waals surface area contributed by atoms with Crippen molar-refractivity contribution in [3.8, 4) is 0 Å². The van der Waals surface area contributed by atoms with Crippen LogP contribution in [0.1, 0.15) is 19.8 Å². The molecule has 0 radical (unpaired) electrons. The molecule has 1 unspecified atom stereocenters. The van der Waals surface area contributed by atoms with E-state index in [2.05, 4.69) is 16.0 Å². The van der Waals surface area contributed by atoms with Gasteiger partial charge in [-0.05, 0) is 6.42 Å². The van der Waals surface area contributed by atoms with Crippen molar-refractivity contribution in [2.45, 2.75) is 32.0 Å². The number of piperazine rings is 1. The lowest BCUT2D eigenvalue weighted by Crippen LogP contribution is -2.58. The van der Waals surface area contributed by atoms with E-state index in [9.17, 15) is 22.8 Å². The Morgan fingerprint density at radius 3 is 2.30 bits per heavy atom. The van der Waals surface area contributed by atoms with Gasteiger partial charge in [-0.1, -0.05) is 6.92 Å². The number of alkyl halides is 3. The molecule has 23 heavy (non-hydrogen) atoms. The van der Waals surface area contributed by atoms with E-state index in [0.29, 0.717) is 25.9 Å². The van der Waals surface area contributed by atoms with E-state index in [1.807, 2.05) is 6.92 Å². The molecule has 1 fully saturated rings. The first-order chi connectivity index (χ1) is 10.3. The second-order valence-electron chi connectivity index (χ2n) is 5.17. The van der Waals surface area contributed by atoms with Crippen molar-refractivity contribution in [1.82, 2.24) is 20.9 Å². The first-order valence-electron chi connectivity index (χ1n) is 7.39. The normalized spacial score (nSPS) is 17.0. The summed E-state index contributed by atoms with van der Waals surface area (Å²) in [6.45, 7) is 2.57. The highest BCUT2D eigenvalue weighted by atomic mass is 35.5. The summed E-state index contributed by atoms with van der Waals surface area (Å²) in [5, 5.41) is 7.60. The molecular weight excluding hydrogens is 337 g/mol. The van der Waals surface area contributed by atoms with Crippen LogP contribution >= 0.6 is 12.4 Å². The van der Waals surface area contributed by atoms with Gasteiger partial charge in [-0.25, -0.2) is 0 Å². The van der Waals surface area contributed by atoms with Gasteiger partial charge >= 0.3 is 6.18 Å². The van der Waals surface area contributed by atoms with Crippen LogP contribution in [0.2, 0.25) is 0 Å². The number of hydrogen-bond acceptors (Lipinski definition) is 4. The maximum absolute atomic E-state index is 13.1. The fourth-order valence-corrected chi connectivity index (χ4v) is 2.21. The topological polar surface area (TPSA) is 73.5 Å². The summed E-state index contributed by atoms with van der Waals surface area (Å²) >= 11 is 0. The largest absolute Gasteiger partial charge is 0.405 e. The van der Waals surface area contributed by atoms with Gasteiger partial charge in [0.2, 0.25) is 11.8 Å². The molecule has 0 bridgehead atoms.